The summed E-state index contributed by atoms with van der Waals surface area (Å²) in [6.07, 6.45) is 7.16. The van der Waals surface area contributed by atoms with Crippen LogP contribution in [0, 0.1) is 5.82 Å². The lowest BCUT2D eigenvalue weighted by molar-refractivity contribution is 0.240. The minimum atomic E-state index is -0.199. The van der Waals surface area contributed by atoms with Crippen LogP contribution in [0.2, 0.25) is 0 Å². The van der Waals surface area contributed by atoms with Crippen molar-refractivity contribution in [2.45, 2.75) is 58.0 Å². The van der Waals surface area contributed by atoms with Gasteiger partial charge in [-0.2, -0.15) is 0 Å². The Morgan fingerprint density at radius 3 is 2.23 bits per heavy atom. The van der Waals surface area contributed by atoms with Crippen molar-refractivity contribution < 1.29 is 4.39 Å². The first-order valence-corrected chi connectivity index (χ1v) is 9.97. The molecule has 1 aliphatic carbocycles. The molecule has 26 heavy (non-hydrogen) atoms. The lowest BCUT2D eigenvalue weighted by Crippen LogP contribution is -2.43. The van der Waals surface area contributed by atoms with Crippen LogP contribution in [0.5, 0.6) is 0 Å². The van der Waals surface area contributed by atoms with E-state index in [1.54, 1.807) is 0 Å². The number of benzene rings is 2. The highest BCUT2D eigenvalue weighted by Gasteiger charge is 2.23. The van der Waals surface area contributed by atoms with Crippen LogP contribution in [0.1, 0.15) is 50.2 Å². The number of hydrogen-bond donors (Lipinski definition) is 1. The van der Waals surface area contributed by atoms with E-state index in [1.807, 2.05) is 12.1 Å². The van der Waals surface area contributed by atoms with Gasteiger partial charge in [0.15, 0.2) is 5.11 Å². The maximum Gasteiger partial charge on any atom is 0.173 e. The van der Waals surface area contributed by atoms with Gasteiger partial charge in [-0.25, -0.2) is 4.39 Å². The first-order valence-electron chi connectivity index (χ1n) is 9.56. The van der Waals surface area contributed by atoms with Crippen molar-refractivity contribution in [2.24, 2.45) is 0 Å². The number of nitrogens with zero attached hydrogens (tertiary/aromatic N) is 1. The molecule has 0 amide bonds. The molecule has 0 saturated heterocycles. The second kappa shape index (κ2) is 9.13. The van der Waals surface area contributed by atoms with Crippen molar-refractivity contribution in [3.8, 4) is 0 Å². The van der Waals surface area contributed by atoms with Crippen molar-refractivity contribution in [1.29, 1.82) is 0 Å². The second-order valence-corrected chi connectivity index (χ2v) is 7.41. The average Bonchev–Trinajstić information content (AvgIpc) is 2.68. The summed E-state index contributed by atoms with van der Waals surface area (Å²) in [4.78, 5) is 2.29. The maximum atomic E-state index is 13.2. The van der Waals surface area contributed by atoms with Gasteiger partial charge in [0.1, 0.15) is 5.82 Å². The van der Waals surface area contributed by atoms with E-state index in [-0.39, 0.29) is 5.82 Å². The Morgan fingerprint density at radius 2 is 1.62 bits per heavy atom. The molecule has 2 nitrogen and oxygen atoms in total. The van der Waals surface area contributed by atoms with Gasteiger partial charge in [-0.15, -0.1) is 0 Å². The lowest BCUT2D eigenvalue weighted by Gasteiger charge is -2.36. The standard InChI is InChI=1S/C22H27FN2S/c1-2-17-10-14-20(15-11-17)24-22(26)25(21-6-4-3-5-7-21)16-18-8-12-19(23)13-9-18/h8-15,21H,2-7,16H2,1H3,(H,24,26). The molecule has 0 bridgehead atoms. The van der Waals surface area contributed by atoms with Gasteiger partial charge in [0.25, 0.3) is 0 Å². The fraction of sp³-hybridized carbons (Fsp3) is 0.409. The predicted octanol–water partition coefficient (Wildman–Crippen LogP) is 5.92. The van der Waals surface area contributed by atoms with Gasteiger partial charge >= 0.3 is 0 Å². The van der Waals surface area contributed by atoms with Gasteiger partial charge in [-0.05, 0) is 66.9 Å². The van der Waals surface area contributed by atoms with Crippen molar-refractivity contribution in [3.05, 3.63) is 65.5 Å². The van der Waals surface area contributed by atoms with E-state index in [0.29, 0.717) is 12.6 Å². The fourth-order valence-electron chi connectivity index (χ4n) is 3.57. The Morgan fingerprint density at radius 1 is 1.00 bits per heavy atom. The SMILES string of the molecule is CCc1ccc(NC(=S)N(Cc2ccc(F)cc2)C2CCCCC2)cc1. The normalized spacial score (nSPS) is 14.8. The topological polar surface area (TPSA) is 15.3 Å². The molecule has 0 heterocycles. The molecule has 0 unspecified atom stereocenters. The first kappa shape index (κ1) is 18.8. The molecule has 1 N–H and O–H groups in total. The summed E-state index contributed by atoms with van der Waals surface area (Å²) in [6, 6.07) is 15.6. The minimum Gasteiger partial charge on any atom is -0.342 e. The Labute approximate surface area is 161 Å². The molecule has 0 aromatic heterocycles. The molecule has 4 heteroatoms. The number of rotatable bonds is 5. The molecule has 1 fully saturated rings. The summed E-state index contributed by atoms with van der Waals surface area (Å²) >= 11 is 5.77. The third kappa shape index (κ3) is 5.04. The third-order valence-electron chi connectivity index (χ3n) is 5.16. The third-order valence-corrected chi connectivity index (χ3v) is 5.49. The van der Waals surface area contributed by atoms with Crippen LogP contribution in [-0.4, -0.2) is 16.1 Å². The van der Waals surface area contributed by atoms with Crippen molar-refractivity contribution in [3.63, 3.8) is 0 Å². The summed E-state index contributed by atoms with van der Waals surface area (Å²) in [7, 11) is 0. The van der Waals surface area contributed by atoms with Crippen molar-refractivity contribution >= 4 is 23.0 Å². The summed E-state index contributed by atoms with van der Waals surface area (Å²) in [5.41, 5.74) is 3.42. The first-order chi connectivity index (χ1) is 12.7. The van der Waals surface area contributed by atoms with Crippen LogP contribution in [0.3, 0.4) is 0 Å². The van der Waals surface area contributed by atoms with Gasteiger partial charge in [0.2, 0.25) is 0 Å². The molecule has 0 radical (unpaired) electrons. The highest BCUT2D eigenvalue weighted by Crippen LogP contribution is 2.25. The molecule has 0 aliphatic heterocycles. The molecule has 2 aromatic carbocycles. The number of anilines is 1. The van der Waals surface area contributed by atoms with E-state index in [2.05, 4.69) is 41.4 Å². The van der Waals surface area contributed by atoms with E-state index >= 15 is 0 Å². The van der Waals surface area contributed by atoms with Crippen LogP contribution in [0.25, 0.3) is 0 Å². The average molecular weight is 371 g/mol. The van der Waals surface area contributed by atoms with Crippen LogP contribution >= 0.6 is 12.2 Å². The number of thiocarbonyl (C=S) groups is 1. The minimum absolute atomic E-state index is 0.199. The second-order valence-electron chi connectivity index (χ2n) is 7.03. The molecule has 0 spiro atoms. The van der Waals surface area contributed by atoms with Gasteiger partial charge in [0, 0.05) is 18.3 Å². The monoisotopic (exact) mass is 370 g/mol. The molecule has 2 aromatic rings. The summed E-state index contributed by atoms with van der Waals surface area (Å²) < 4.78 is 13.2. The zero-order valence-corrected chi connectivity index (χ0v) is 16.2. The van der Waals surface area contributed by atoms with E-state index < -0.39 is 0 Å². The predicted molar refractivity (Wildman–Crippen MR) is 111 cm³/mol. The van der Waals surface area contributed by atoms with E-state index in [4.69, 9.17) is 12.2 Å². The maximum absolute atomic E-state index is 13.2. The van der Waals surface area contributed by atoms with Crippen LogP contribution in [-0.2, 0) is 13.0 Å². The highest BCUT2D eigenvalue weighted by atomic mass is 32.1. The quantitative estimate of drug-likeness (QED) is 0.658. The molecule has 3 rings (SSSR count). The number of hydrogen-bond acceptors (Lipinski definition) is 1. The molecule has 1 saturated carbocycles. The van der Waals surface area contributed by atoms with Crippen LogP contribution in [0.15, 0.2) is 48.5 Å². The largest absolute Gasteiger partial charge is 0.342 e. The Hall–Kier alpha value is -1.94. The summed E-state index contributed by atoms with van der Waals surface area (Å²) in [6.45, 7) is 2.87. The van der Waals surface area contributed by atoms with Crippen LogP contribution < -0.4 is 5.32 Å². The molecule has 1 aliphatic rings. The van der Waals surface area contributed by atoms with Crippen molar-refractivity contribution in [1.82, 2.24) is 4.90 Å². The van der Waals surface area contributed by atoms with E-state index in [0.717, 1.165) is 35.6 Å². The zero-order valence-electron chi connectivity index (χ0n) is 15.4. The molecule has 0 atom stereocenters. The van der Waals surface area contributed by atoms with E-state index in [1.165, 1.54) is 37.0 Å². The number of nitrogens with one attached hydrogen (secondary N) is 1. The van der Waals surface area contributed by atoms with Gasteiger partial charge < -0.3 is 10.2 Å². The molecular formula is C22H27FN2S. The zero-order chi connectivity index (χ0) is 18.4. The van der Waals surface area contributed by atoms with Crippen molar-refractivity contribution in [2.75, 3.05) is 5.32 Å². The summed E-state index contributed by atoms with van der Waals surface area (Å²) in [5.74, 6) is -0.199. The molecule has 138 valence electrons. The Bertz CT molecular complexity index is 706. The fourth-order valence-corrected chi connectivity index (χ4v) is 3.90. The smallest absolute Gasteiger partial charge is 0.173 e. The van der Waals surface area contributed by atoms with Gasteiger partial charge in [-0.1, -0.05) is 50.5 Å². The van der Waals surface area contributed by atoms with E-state index in [9.17, 15) is 4.39 Å². The number of halogens is 1. The Balaban J connectivity index is 1.74. The van der Waals surface area contributed by atoms with Crippen LogP contribution in [0.4, 0.5) is 10.1 Å². The number of aryl methyl sites for hydroxylation is 1. The lowest BCUT2D eigenvalue weighted by atomic mass is 9.94. The Kier molecular flexibility index (Phi) is 6.62. The molecular weight excluding hydrogens is 343 g/mol. The highest BCUT2D eigenvalue weighted by molar-refractivity contribution is 7.80. The summed E-state index contributed by atoms with van der Waals surface area (Å²) in [5, 5.41) is 4.16. The van der Waals surface area contributed by atoms with Gasteiger partial charge in [0.05, 0.1) is 0 Å². The van der Waals surface area contributed by atoms with Gasteiger partial charge in [-0.3, -0.25) is 0 Å².